The molecule has 1 aliphatic rings. The minimum Gasteiger partial charge on any atom is -0.497 e. The number of rotatable bonds is 6. The lowest BCUT2D eigenvalue weighted by atomic mass is 10.1. The predicted molar refractivity (Wildman–Crippen MR) is 97.5 cm³/mol. The standard InChI is InChI=1S/C19H22FN5O/c1-25-9-3-4-13(25)7-8-22-19-23-12-16(18(11-21)24-19)15-6-5-14(26-2)10-17(15)20/h5-6,10,12-13H,3-4,7-9H2,1-2H3,(H,22,23,24). The number of hydrogen-bond acceptors (Lipinski definition) is 6. The number of anilines is 1. The Morgan fingerprint density at radius 1 is 1.42 bits per heavy atom. The van der Waals surface area contributed by atoms with Gasteiger partial charge in [-0.15, -0.1) is 0 Å². The summed E-state index contributed by atoms with van der Waals surface area (Å²) in [5.41, 5.74) is 0.791. The molecule has 1 aliphatic heterocycles. The van der Waals surface area contributed by atoms with E-state index in [1.165, 1.54) is 32.2 Å². The van der Waals surface area contributed by atoms with Gasteiger partial charge in [0.05, 0.1) is 7.11 Å². The van der Waals surface area contributed by atoms with E-state index in [2.05, 4.69) is 27.2 Å². The van der Waals surface area contributed by atoms with E-state index in [1.54, 1.807) is 12.1 Å². The molecule has 1 unspecified atom stereocenters. The van der Waals surface area contributed by atoms with Crippen LogP contribution in [0.5, 0.6) is 5.75 Å². The number of likely N-dealkylation sites (tertiary alicyclic amines) is 1. The largest absolute Gasteiger partial charge is 0.497 e. The molecule has 0 radical (unpaired) electrons. The van der Waals surface area contributed by atoms with Crippen molar-refractivity contribution in [3.05, 3.63) is 35.9 Å². The van der Waals surface area contributed by atoms with Crippen molar-refractivity contribution in [1.82, 2.24) is 14.9 Å². The topological polar surface area (TPSA) is 74.1 Å². The number of nitrogens with one attached hydrogen (secondary N) is 1. The number of nitriles is 1. The summed E-state index contributed by atoms with van der Waals surface area (Å²) in [5, 5.41) is 12.6. The van der Waals surface area contributed by atoms with Gasteiger partial charge < -0.3 is 15.0 Å². The minimum absolute atomic E-state index is 0.143. The van der Waals surface area contributed by atoms with Crippen LogP contribution in [-0.2, 0) is 0 Å². The number of benzene rings is 1. The molecule has 1 atom stereocenters. The first kappa shape index (κ1) is 18.1. The zero-order valence-electron chi connectivity index (χ0n) is 15.0. The van der Waals surface area contributed by atoms with Crippen molar-refractivity contribution in [1.29, 1.82) is 5.26 Å². The van der Waals surface area contributed by atoms with Crippen LogP contribution in [0.25, 0.3) is 11.1 Å². The molecule has 0 saturated carbocycles. The van der Waals surface area contributed by atoms with Crippen LogP contribution in [0, 0.1) is 17.1 Å². The highest BCUT2D eigenvalue weighted by Gasteiger charge is 2.20. The van der Waals surface area contributed by atoms with E-state index in [9.17, 15) is 9.65 Å². The van der Waals surface area contributed by atoms with E-state index in [1.807, 2.05) is 6.07 Å². The smallest absolute Gasteiger partial charge is 0.223 e. The van der Waals surface area contributed by atoms with Gasteiger partial charge in [-0.05, 0) is 45.0 Å². The summed E-state index contributed by atoms with van der Waals surface area (Å²) in [5.74, 6) is 0.329. The minimum atomic E-state index is -0.477. The van der Waals surface area contributed by atoms with Crippen molar-refractivity contribution in [2.24, 2.45) is 0 Å². The molecular formula is C19H22FN5O. The van der Waals surface area contributed by atoms with Gasteiger partial charge in [0.15, 0.2) is 5.69 Å². The Labute approximate surface area is 152 Å². The summed E-state index contributed by atoms with van der Waals surface area (Å²) in [6.45, 7) is 1.87. The van der Waals surface area contributed by atoms with Crippen LogP contribution in [0.4, 0.5) is 10.3 Å². The number of nitrogens with zero attached hydrogens (tertiary/aromatic N) is 4. The quantitative estimate of drug-likeness (QED) is 0.858. The summed E-state index contributed by atoms with van der Waals surface area (Å²) in [6.07, 6.45) is 4.92. The third-order valence-corrected chi connectivity index (χ3v) is 4.79. The van der Waals surface area contributed by atoms with Crippen LogP contribution in [0.15, 0.2) is 24.4 Å². The molecule has 0 aliphatic carbocycles. The SMILES string of the molecule is COc1ccc(-c2cnc(NCCC3CCCN3C)nc2C#N)c(F)c1. The molecule has 1 fully saturated rings. The Morgan fingerprint density at radius 2 is 2.27 bits per heavy atom. The second-order valence-corrected chi connectivity index (χ2v) is 6.41. The molecule has 2 aromatic rings. The van der Waals surface area contributed by atoms with Crippen molar-refractivity contribution in [2.75, 3.05) is 32.6 Å². The highest BCUT2D eigenvalue weighted by atomic mass is 19.1. The molecule has 0 spiro atoms. The third-order valence-electron chi connectivity index (χ3n) is 4.79. The van der Waals surface area contributed by atoms with E-state index in [4.69, 9.17) is 4.74 Å². The van der Waals surface area contributed by atoms with Crippen molar-refractivity contribution in [3.8, 4) is 22.9 Å². The normalized spacial score (nSPS) is 17.1. The zero-order chi connectivity index (χ0) is 18.5. The van der Waals surface area contributed by atoms with E-state index in [0.717, 1.165) is 19.5 Å². The Morgan fingerprint density at radius 3 is 2.92 bits per heavy atom. The lowest BCUT2D eigenvalue weighted by molar-refractivity contribution is 0.301. The molecule has 0 amide bonds. The Balaban J connectivity index is 1.72. The van der Waals surface area contributed by atoms with Gasteiger partial charge in [-0.3, -0.25) is 0 Å². The van der Waals surface area contributed by atoms with Gasteiger partial charge in [-0.25, -0.2) is 14.4 Å². The van der Waals surface area contributed by atoms with Crippen molar-refractivity contribution < 1.29 is 9.13 Å². The highest BCUT2D eigenvalue weighted by Crippen LogP contribution is 2.28. The molecule has 1 N–H and O–H groups in total. The number of halogens is 1. The van der Waals surface area contributed by atoms with Gasteiger partial charge in [0.25, 0.3) is 0 Å². The maximum absolute atomic E-state index is 14.3. The second-order valence-electron chi connectivity index (χ2n) is 6.41. The first-order valence-electron chi connectivity index (χ1n) is 8.67. The average molecular weight is 355 g/mol. The van der Waals surface area contributed by atoms with Crippen LogP contribution in [0.1, 0.15) is 25.0 Å². The number of methoxy groups -OCH3 is 1. The lowest BCUT2D eigenvalue weighted by Crippen LogP contribution is -2.27. The predicted octanol–water partition coefficient (Wildman–Crippen LogP) is 3.06. The van der Waals surface area contributed by atoms with Crippen LogP contribution >= 0.6 is 0 Å². The average Bonchev–Trinajstić information content (AvgIpc) is 3.06. The third kappa shape index (κ3) is 3.92. The van der Waals surface area contributed by atoms with Crippen LogP contribution in [0.3, 0.4) is 0 Å². The first-order valence-corrected chi connectivity index (χ1v) is 8.67. The van der Waals surface area contributed by atoms with E-state index >= 15 is 0 Å². The molecule has 136 valence electrons. The Hall–Kier alpha value is -2.72. The number of aromatic nitrogens is 2. The maximum Gasteiger partial charge on any atom is 0.223 e. The lowest BCUT2D eigenvalue weighted by Gasteiger charge is -2.19. The Kier molecular flexibility index (Phi) is 5.64. The van der Waals surface area contributed by atoms with Gasteiger partial charge in [0, 0.05) is 36.0 Å². The highest BCUT2D eigenvalue weighted by molar-refractivity contribution is 5.69. The molecule has 6 nitrogen and oxygen atoms in total. The number of hydrogen-bond donors (Lipinski definition) is 1. The fourth-order valence-electron chi connectivity index (χ4n) is 3.29. The molecule has 1 aromatic carbocycles. The fraction of sp³-hybridized carbons (Fsp3) is 0.421. The molecule has 1 aromatic heterocycles. The van der Waals surface area contributed by atoms with Gasteiger partial charge in [-0.2, -0.15) is 5.26 Å². The fourth-order valence-corrected chi connectivity index (χ4v) is 3.29. The Bertz CT molecular complexity index is 820. The maximum atomic E-state index is 14.3. The molecule has 0 bridgehead atoms. The van der Waals surface area contributed by atoms with Gasteiger partial charge in [0.1, 0.15) is 17.6 Å². The van der Waals surface area contributed by atoms with Crippen molar-refractivity contribution in [3.63, 3.8) is 0 Å². The summed E-state index contributed by atoms with van der Waals surface area (Å²) < 4.78 is 19.3. The van der Waals surface area contributed by atoms with Crippen molar-refractivity contribution in [2.45, 2.75) is 25.3 Å². The zero-order valence-corrected chi connectivity index (χ0v) is 15.0. The van der Waals surface area contributed by atoms with Crippen LogP contribution in [-0.4, -0.2) is 48.2 Å². The van der Waals surface area contributed by atoms with Gasteiger partial charge >= 0.3 is 0 Å². The van der Waals surface area contributed by atoms with Gasteiger partial charge in [-0.1, -0.05) is 0 Å². The second kappa shape index (κ2) is 8.11. The molecule has 1 saturated heterocycles. The van der Waals surface area contributed by atoms with Crippen LogP contribution in [0.2, 0.25) is 0 Å². The summed E-state index contributed by atoms with van der Waals surface area (Å²) in [7, 11) is 3.61. The molecule has 7 heteroatoms. The summed E-state index contributed by atoms with van der Waals surface area (Å²) in [6, 6.07) is 7.09. The van der Waals surface area contributed by atoms with E-state index in [0.29, 0.717) is 23.3 Å². The molecule has 26 heavy (non-hydrogen) atoms. The first-order chi connectivity index (χ1) is 12.6. The van der Waals surface area contributed by atoms with Crippen molar-refractivity contribution >= 4 is 5.95 Å². The van der Waals surface area contributed by atoms with Crippen LogP contribution < -0.4 is 10.1 Å². The summed E-state index contributed by atoms with van der Waals surface area (Å²) >= 11 is 0. The molecular weight excluding hydrogens is 333 g/mol. The number of ether oxygens (including phenoxy) is 1. The van der Waals surface area contributed by atoms with Gasteiger partial charge in [0.2, 0.25) is 5.95 Å². The van der Waals surface area contributed by atoms with E-state index in [-0.39, 0.29) is 11.3 Å². The molecule has 2 heterocycles. The monoisotopic (exact) mass is 355 g/mol. The molecule has 3 rings (SSSR count). The summed E-state index contributed by atoms with van der Waals surface area (Å²) in [4.78, 5) is 10.8. The van der Waals surface area contributed by atoms with E-state index < -0.39 is 5.82 Å².